The Kier molecular flexibility index (Phi) is 4.16. The van der Waals surface area contributed by atoms with E-state index in [-0.39, 0.29) is 12.1 Å². The number of nitrogens with two attached hydrogens (primary N) is 1. The minimum atomic E-state index is 0.00265. The molecular formula is C14H20N4O. The SMILES string of the molecule is CC(C)n1ncnc1COc1cccc([C@@H](C)N)c1. The Morgan fingerprint density at radius 3 is 2.79 bits per heavy atom. The van der Waals surface area contributed by atoms with Crippen molar-refractivity contribution in [2.24, 2.45) is 5.73 Å². The second-order valence-corrected chi connectivity index (χ2v) is 4.86. The van der Waals surface area contributed by atoms with Crippen LogP contribution in [0.15, 0.2) is 30.6 Å². The lowest BCUT2D eigenvalue weighted by Gasteiger charge is -2.12. The molecule has 1 aromatic carbocycles. The fraction of sp³-hybridized carbons (Fsp3) is 0.429. The van der Waals surface area contributed by atoms with E-state index in [9.17, 15) is 0 Å². The van der Waals surface area contributed by atoms with Crippen molar-refractivity contribution in [3.05, 3.63) is 42.0 Å². The van der Waals surface area contributed by atoms with Crippen molar-refractivity contribution in [2.45, 2.75) is 39.5 Å². The maximum Gasteiger partial charge on any atom is 0.165 e. The second-order valence-electron chi connectivity index (χ2n) is 4.86. The average Bonchev–Trinajstić information content (AvgIpc) is 2.85. The standard InChI is InChI=1S/C14H20N4O/c1-10(2)18-14(16-9-17-18)8-19-13-6-4-5-12(7-13)11(3)15/h4-7,9-11H,8,15H2,1-3H3/t11-/m1/s1. The van der Waals surface area contributed by atoms with Crippen LogP contribution in [0.5, 0.6) is 5.75 Å². The van der Waals surface area contributed by atoms with Gasteiger partial charge < -0.3 is 10.5 Å². The molecule has 0 saturated heterocycles. The smallest absolute Gasteiger partial charge is 0.165 e. The average molecular weight is 260 g/mol. The van der Waals surface area contributed by atoms with E-state index in [0.717, 1.165) is 17.1 Å². The monoisotopic (exact) mass is 260 g/mol. The Labute approximate surface area is 113 Å². The van der Waals surface area contributed by atoms with Gasteiger partial charge >= 0.3 is 0 Å². The summed E-state index contributed by atoms with van der Waals surface area (Å²) in [7, 11) is 0. The summed E-state index contributed by atoms with van der Waals surface area (Å²) in [6.07, 6.45) is 1.55. The summed E-state index contributed by atoms with van der Waals surface area (Å²) in [6.45, 7) is 6.49. The molecule has 0 saturated carbocycles. The molecule has 0 amide bonds. The van der Waals surface area contributed by atoms with Crippen LogP contribution in [0, 0.1) is 0 Å². The third-order valence-corrected chi connectivity index (χ3v) is 2.89. The van der Waals surface area contributed by atoms with Crippen LogP contribution in [0.3, 0.4) is 0 Å². The number of nitrogens with zero attached hydrogens (tertiary/aromatic N) is 3. The highest BCUT2D eigenvalue weighted by molar-refractivity contribution is 5.30. The van der Waals surface area contributed by atoms with E-state index in [2.05, 4.69) is 23.9 Å². The number of hydrogen-bond acceptors (Lipinski definition) is 4. The summed E-state index contributed by atoms with van der Waals surface area (Å²) in [6, 6.07) is 8.09. The van der Waals surface area contributed by atoms with Crippen LogP contribution in [-0.4, -0.2) is 14.8 Å². The lowest BCUT2D eigenvalue weighted by molar-refractivity contribution is 0.282. The zero-order chi connectivity index (χ0) is 13.8. The molecule has 1 aromatic heterocycles. The zero-order valence-electron chi connectivity index (χ0n) is 11.6. The molecule has 0 aliphatic carbocycles. The molecule has 19 heavy (non-hydrogen) atoms. The number of aromatic nitrogens is 3. The fourth-order valence-corrected chi connectivity index (χ4v) is 1.84. The number of ether oxygens (including phenoxy) is 1. The predicted octanol–water partition coefficient (Wildman–Crippen LogP) is 2.46. The summed E-state index contributed by atoms with van der Waals surface area (Å²) < 4.78 is 7.61. The molecule has 2 aromatic rings. The maximum absolute atomic E-state index is 5.86. The molecule has 2 rings (SSSR count). The molecule has 0 aliphatic rings. The first-order chi connectivity index (χ1) is 9.08. The van der Waals surface area contributed by atoms with Gasteiger partial charge in [-0.3, -0.25) is 0 Å². The van der Waals surface area contributed by atoms with Crippen LogP contribution in [0.2, 0.25) is 0 Å². The molecule has 1 atom stereocenters. The molecule has 0 unspecified atom stereocenters. The minimum absolute atomic E-state index is 0.00265. The molecule has 0 spiro atoms. The lowest BCUT2D eigenvalue weighted by atomic mass is 10.1. The first kappa shape index (κ1) is 13.5. The van der Waals surface area contributed by atoms with Gasteiger partial charge in [0.05, 0.1) is 0 Å². The van der Waals surface area contributed by atoms with Gasteiger partial charge in [0.1, 0.15) is 18.7 Å². The van der Waals surface area contributed by atoms with E-state index in [4.69, 9.17) is 10.5 Å². The van der Waals surface area contributed by atoms with E-state index in [1.54, 1.807) is 6.33 Å². The summed E-state index contributed by atoms with van der Waals surface area (Å²) in [5.41, 5.74) is 6.91. The Hall–Kier alpha value is -1.88. The van der Waals surface area contributed by atoms with Gasteiger partial charge in [-0.15, -0.1) is 0 Å². The molecule has 2 N–H and O–H groups in total. The first-order valence-electron chi connectivity index (χ1n) is 6.44. The number of rotatable bonds is 5. The molecule has 0 radical (unpaired) electrons. The van der Waals surface area contributed by atoms with Crippen molar-refractivity contribution >= 4 is 0 Å². The number of hydrogen-bond donors (Lipinski definition) is 1. The Bertz CT molecular complexity index is 534. The van der Waals surface area contributed by atoms with Crippen LogP contribution in [0.4, 0.5) is 0 Å². The maximum atomic E-state index is 5.86. The van der Waals surface area contributed by atoms with Crippen LogP contribution >= 0.6 is 0 Å². The Morgan fingerprint density at radius 1 is 1.32 bits per heavy atom. The Balaban J connectivity index is 2.06. The molecule has 1 heterocycles. The number of benzene rings is 1. The van der Waals surface area contributed by atoms with Crippen molar-refractivity contribution < 1.29 is 4.74 Å². The largest absolute Gasteiger partial charge is 0.486 e. The van der Waals surface area contributed by atoms with Gasteiger partial charge in [-0.1, -0.05) is 12.1 Å². The van der Waals surface area contributed by atoms with Crippen LogP contribution in [-0.2, 0) is 6.61 Å². The molecule has 5 heteroatoms. The van der Waals surface area contributed by atoms with Gasteiger partial charge in [-0.25, -0.2) is 9.67 Å². The highest BCUT2D eigenvalue weighted by Crippen LogP contribution is 2.18. The molecule has 0 aliphatic heterocycles. The van der Waals surface area contributed by atoms with Gasteiger partial charge in [-0.05, 0) is 38.5 Å². The van der Waals surface area contributed by atoms with Crippen LogP contribution in [0.25, 0.3) is 0 Å². The summed E-state index contributed by atoms with van der Waals surface area (Å²) in [4.78, 5) is 4.21. The predicted molar refractivity (Wildman–Crippen MR) is 73.8 cm³/mol. The van der Waals surface area contributed by atoms with Gasteiger partial charge in [0.25, 0.3) is 0 Å². The van der Waals surface area contributed by atoms with Gasteiger partial charge in [0.15, 0.2) is 5.82 Å². The third-order valence-electron chi connectivity index (χ3n) is 2.89. The Morgan fingerprint density at radius 2 is 2.11 bits per heavy atom. The van der Waals surface area contributed by atoms with Gasteiger partial charge in [-0.2, -0.15) is 5.10 Å². The topological polar surface area (TPSA) is 66.0 Å². The van der Waals surface area contributed by atoms with E-state index < -0.39 is 0 Å². The van der Waals surface area contributed by atoms with Crippen LogP contribution in [0.1, 0.15) is 44.2 Å². The third kappa shape index (κ3) is 3.32. The minimum Gasteiger partial charge on any atom is -0.486 e. The van der Waals surface area contributed by atoms with E-state index in [0.29, 0.717) is 6.61 Å². The molecule has 102 valence electrons. The highest BCUT2D eigenvalue weighted by Gasteiger charge is 2.08. The zero-order valence-corrected chi connectivity index (χ0v) is 11.6. The first-order valence-corrected chi connectivity index (χ1v) is 6.44. The molecule has 0 fully saturated rings. The van der Waals surface area contributed by atoms with Gasteiger partial charge in [0, 0.05) is 12.1 Å². The summed E-state index contributed by atoms with van der Waals surface area (Å²) in [5, 5.41) is 4.18. The van der Waals surface area contributed by atoms with Crippen molar-refractivity contribution in [3.8, 4) is 5.75 Å². The molecular weight excluding hydrogens is 240 g/mol. The summed E-state index contributed by atoms with van der Waals surface area (Å²) in [5.74, 6) is 1.62. The van der Waals surface area contributed by atoms with Gasteiger partial charge in [0.2, 0.25) is 0 Å². The quantitative estimate of drug-likeness (QED) is 0.896. The van der Waals surface area contributed by atoms with E-state index in [1.165, 1.54) is 0 Å². The normalized spacial score (nSPS) is 12.7. The van der Waals surface area contributed by atoms with Crippen molar-refractivity contribution in [3.63, 3.8) is 0 Å². The van der Waals surface area contributed by atoms with E-state index in [1.807, 2.05) is 35.9 Å². The molecule has 5 nitrogen and oxygen atoms in total. The van der Waals surface area contributed by atoms with Crippen LogP contribution < -0.4 is 10.5 Å². The van der Waals surface area contributed by atoms with E-state index >= 15 is 0 Å². The summed E-state index contributed by atoms with van der Waals surface area (Å²) >= 11 is 0. The van der Waals surface area contributed by atoms with Crippen molar-refractivity contribution in [1.82, 2.24) is 14.8 Å². The lowest BCUT2D eigenvalue weighted by Crippen LogP contribution is -2.11. The second kappa shape index (κ2) is 5.84. The van der Waals surface area contributed by atoms with Crippen molar-refractivity contribution in [1.29, 1.82) is 0 Å². The van der Waals surface area contributed by atoms with Crippen molar-refractivity contribution in [2.75, 3.05) is 0 Å². The fourth-order valence-electron chi connectivity index (χ4n) is 1.84. The molecule has 0 bridgehead atoms. The highest BCUT2D eigenvalue weighted by atomic mass is 16.5.